The van der Waals surface area contributed by atoms with Gasteiger partial charge in [0.1, 0.15) is 5.82 Å². The van der Waals surface area contributed by atoms with Gasteiger partial charge in [-0.05, 0) is 36.7 Å². The predicted octanol–water partition coefficient (Wildman–Crippen LogP) is 6.15. The summed E-state index contributed by atoms with van der Waals surface area (Å²) >= 11 is 6.22. The number of para-hydroxylation sites is 1. The fourth-order valence-corrected chi connectivity index (χ4v) is 3.57. The van der Waals surface area contributed by atoms with Crippen LogP contribution in [0.4, 0.5) is 4.39 Å². The van der Waals surface area contributed by atoms with Crippen LogP contribution in [-0.2, 0) is 13.1 Å². The van der Waals surface area contributed by atoms with E-state index in [9.17, 15) is 4.39 Å². The monoisotopic (exact) mass is 372 g/mol. The zero-order chi connectivity index (χ0) is 18.4. The molecule has 0 radical (unpaired) electrons. The predicted molar refractivity (Wildman–Crippen MR) is 108 cm³/mol. The summed E-state index contributed by atoms with van der Waals surface area (Å²) in [5, 5.41) is 5.22. The number of unbranched alkanes of at least 4 members (excludes halogenated alkanes) is 3. The van der Waals surface area contributed by atoms with Crippen LogP contribution < -0.4 is 5.32 Å². The quantitative estimate of drug-likeness (QED) is 0.445. The molecule has 2 aromatic carbocycles. The lowest BCUT2D eigenvalue weighted by molar-refractivity contribution is 0.596. The molecule has 0 unspecified atom stereocenters. The molecule has 138 valence electrons. The van der Waals surface area contributed by atoms with Gasteiger partial charge in [-0.2, -0.15) is 0 Å². The maximum absolute atomic E-state index is 14.2. The summed E-state index contributed by atoms with van der Waals surface area (Å²) in [6, 6.07) is 13.1. The summed E-state index contributed by atoms with van der Waals surface area (Å²) in [4.78, 5) is 0. The second kappa shape index (κ2) is 9.20. The molecule has 0 fully saturated rings. The summed E-state index contributed by atoms with van der Waals surface area (Å²) in [6.07, 6.45) is 7.15. The Morgan fingerprint density at radius 3 is 2.69 bits per heavy atom. The van der Waals surface area contributed by atoms with Crippen LogP contribution in [0.3, 0.4) is 0 Å². The molecule has 1 aromatic heterocycles. The molecule has 0 spiro atoms. The summed E-state index contributed by atoms with van der Waals surface area (Å²) in [5.41, 5.74) is 2.88. The number of fused-ring (bicyclic) bond motifs is 1. The summed E-state index contributed by atoms with van der Waals surface area (Å²) in [5.74, 6) is -0.258. The lowest BCUT2D eigenvalue weighted by atomic mass is 10.1. The van der Waals surface area contributed by atoms with Crippen molar-refractivity contribution in [2.75, 3.05) is 6.54 Å². The van der Waals surface area contributed by atoms with Gasteiger partial charge in [0.2, 0.25) is 0 Å². The number of hydrogen-bond donors (Lipinski definition) is 1. The molecule has 0 amide bonds. The van der Waals surface area contributed by atoms with E-state index < -0.39 is 0 Å². The molecule has 4 heteroatoms. The highest BCUT2D eigenvalue weighted by Gasteiger charge is 2.12. The number of halogens is 2. The SMILES string of the molecule is CCCCCCNCc1cn(Cc2c(F)cccc2Cl)c2ccccc12. The molecule has 0 aliphatic carbocycles. The van der Waals surface area contributed by atoms with E-state index in [0.717, 1.165) is 18.6 Å². The van der Waals surface area contributed by atoms with Gasteiger partial charge in [-0.25, -0.2) is 4.39 Å². The molecule has 0 bridgehead atoms. The third kappa shape index (κ3) is 4.46. The van der Waals surface area contributed by atoms with Crippen molar-refractivity contribution in [2.45, 2.75) is 45.7 Å². The van der Waals surface area contributed by atoms with Gasteiger partial charge in [0.05, 0.1) is 6.54 Å². The second-order valence-electron chi connectivity index (χ2n) is 6.74. The number of rotatable bonds is 9. The molecular weight excluding hydrogens is 347 g/mol. The molecule has 0 aliphatic heterocycles. The van der Waals surface area contributed by atoms with Crippen LogP contribution in [0.25, 0.3) is 10.9 Å². The summed E-state index contributed by atoms with van der Waals surface area (Å²) < 4.78 is 16.3. The summed E-state index contributed by atoms with van der Waals surface area (Å²) in [7, 11) is 0. The molecular formula is C22H26ClFN2. The third-order valence-corrected chi connectivity index (χ3v) is 5.14. The van der Waals surface area contributed by atoms with E-state index in [4.69, 9.17) is 11.6 Å². The first-order valence-corrected chi connectivity index (χ1v) is 9.79. The van der Waals surface area contributed by atoms with Crippen molar-refractivity contribution in [1.29, 1.82) is 0 Å². The second-order valence-corrected chi connectivity index (χ2v) is 7.14. The Hall–Kier alpha value is -1.84. The Kier molecular flexibility index (Phi) is 6.70. The molecule has 0 saturated heterocycles. The molecule has 0 aliphatic rings. The number of aromatic nitrogens is 1. The van der Waals surface area contributed by atoms with Gasteiger partial charge in [0.25, 0.3) is 0 Å². The maximum Gasteiger partial charge on any atom is 0.129 e. The Morgan fingerprint density at radius 2 is 1.88 bits per heavy atom. The Morgan fingerprint density at radius 1 is 1.04 bits per heavy atom. The molecule has 2 nitrogen and oxygen atoms in total. The Balaban J connectivity index is 1.77. The smallest absolute Gasteiger partial charge is 0.129 e. The topological polar surface area (TPSA) is 17.0 Å². The fraction of sp³-hybridized carbons (Fsp3) is 0.364. The fourth-order valence-electron chi connectivity index (χ4n) is 3.35. The van der Waals surface area contributed by atoms with Crippen LogP contribution in [0.2, 0.25) is 5.02 Å². The number of nitrogens with zero attached hydrogens (tertiary/aromatic N) is 1. The first-order valence-electron chi connectivity index (χ1n) is 9.41. The maximum atomic E-state index is 14.2. The Bertz CT molecular complexity index is 836. The van der Waals surface area contributed by atoms with E-state index >= 15 is 0 Å². The highest BCUT2D eigenvalue weighted by Crippen LogP contribution is 2.25. The third-order valence-electron chi connectivity index (χ3n) is 4.78. The van der Waals surface area contributed by atoms with Crippen molar-refractivity contribution in [1.82, 2.24) is 9.88 Å². The molecule has 26 heavy (non-hydrogen) atoms. The van der Waals surface area contributed by atoms with Crippen LogP contribution >= 0.6 is 11.6 Å². The van der Waals surface area contributed by atoms with Crippen molar-refractivity contribution < 1.29 is 4.39 Å². The molecule has 1 N–H and O–H groups in total. The molecule has 1 heterocycles. The summed E-state index contributed by atoms with van der Waals surface area (Å²) in [6.45, 7) is 4.51. The lowest BCUT2D eigenvalue weighted by Gasteiger charge is -2.08. The van der Waals surface area contributed by atoms with Crippen LogP contribution in [0.15, 0.2) is 48.7 Å². The van der Waals surface area contributed by atoms with E-state index in [1.54, 1.807) is 12.1 Å². The highest BCUT2D eigenvalue weighted by atomic mass is 35.5. The van der Waals surface area contributed by atoms with Gasteiger partial charge in [0, 0.05) is 34.2 Å². The lowest BCUT2D eigenvalue weighted by Crippen LogP contribution is -2.14. The molecule has 3 rings (SSSR count). The van der Waals surface area contributed by atoms with E-state index in [1.165, 1.54) is 42.7 Å². The van der Waals surface area contributed by atoms with E-state index in [2.05, 4.69) is 35.1 Å². The zero-order valence-corrected chi connectivity index (χ0v) is 16.0. The van der Waals surface area contributed by atoms with Crippen molar-refractivity contribution in [3.63, 3.8) is 0 Å². The van der Waals surface area contributed by atoms with E-state index in [-0.39, 0.29) is 5.82 Å². The van der Waals surface area contributed by atoms with Crippen molar-refractivity contribution in [3.8, 4) is 0 Å². The van der Waals surface area contributed by atoms with E-state index in [1.807, 2.05) is 12.1 Å². The number of hydrogen-bond acceptors (Lipinski definition) is 1. The van der Waals surface area contributed by atoms with Crippen molar-refractivity contribution in [2.24, 2.45) is 0 Å². The zero-order valence-electron chi connectivity index (χ0n) is 15.3. The first-order chi connectivity index (χ1) is 12.7. The van der Waals surface area contributed by atoms with Crippen molar-refractivity contribution >= 4 is 22.5 Å². The average Bonchev–Trinajstić information content (AvgIpc) is 2.99. The van der Waals surface area contributed by atoms with Gasteiger partial charge in [-0.1, -0.05) is 62.1 Å². The Labute approximate surface area is 160 Å². The number of nitrogens with one attached hydrogen (secondary N) is 1. The van der Waals surface area contributed by atoms with Gasteiger partial charge in [-0.3, -0.25) is 0 Å². The highest BCUT2D eigenvalue weighted by molar-refractivity contribution is 6.31. The molecule has 3 aromatic rings. The van der Waals surface area contributed by atoms with Crippen LogP contribution in [0, 0.1) is 5.82 Å². The molecule has 0 atom stereocenters. The van der Waals surface area contributed by atoms with Gasteiger partial charge < -0.3 is 9.88 Å². The first kappa shape index (κ1) is 18.9. The van der Waals surface area contributed by atoms with Gasteiger partial charge >= 0.3 is 0 Å². The minimum Gasteiger partial charge on any atom is -0.343 e. The van der Waals surface area contributed by atoms with E-state index in [0.29, 0.717) is 17.1 Å². The standard InChI is InChI=1S/C22H26ClFN2/c1-2-3-4-7-13-25-14-17-15-26(22-12-6-5-9-18(17)22)16-19-20(23)10-8-11-21(19)24/h5-6,8-12,15,25H,2-4,7,13-14,16H2,1H3. The van der Waals surface area contributed by atoms with Crippen LogP contribution in [0.1, 0.15) is 43.7 Å². The van der Waals surface area contributed by atoms with Gasteiger partial charge in [-0.15, -0.1) is 0 Å². The minimum atomic E-state index is -0.258. The average molecular weight is 373 g/mol. The number of benzene rings is 2. The van der Waals surface area contributed by atoms with Crippen LogP contribution in [0.5, 0.6) is 0 Å². The van der Waals surface area contributed by atoms with Gasteiger partial charge in [0.15, 0.2) is 0 Å². The van der Waals surface area contributed by atoms with Crippen molar-refractivity contribution in [3.05, 3.63) is 70.6 Å². The molecule has 0 saturated carbocycles. The minimum absolute atomic E-state index is 0.258. The normalized spacial score (nSPS) is 11.3. The largest absolute Gasteiger partial charge is 0.343 e. The van der Waals surface area contributed by atoms with Crippen LogP contribution in [-0.4, -0.2) is 11.1 Å².